The highest BCUT2D eigenvalue weighted by Gasteiger charge is 2.64. The summed E-state index contributed by atoms with van der Waals surface area (Å²) < 4.78 is 61.7. The summed E-state index contributed by atoms with van der Waals surface area (Å²) in [5, 5.41) is 27.1. The number of aliphatic carboxylic acids is 3. The van der Waals surface area contributed by atoms with Gasteiger partial charge < -0.3 is 67.4 Å². The average molecular weight is 1960 g/mol. The summed E-state index contributed by atoms with van der Waals surface area (Å²) in [5.74, 6) is 11.2. The molecule has 798 valence electrons. The molecule has 0 aromatic heterocycles. The van der Waals surface area contributed by atoms with Crippen molar-refractivity contribution < 1.29 is 111 Å². The third-order valence-electron chi connectivity index (χ3n) is 38.7. The number of hydrogen-bond acceptors (Lipinski definition) is 20. The van der Waals surface area contributed by atoms with Crippen LogP contribution in [0.25, 0.3) is 0 Å². The Morgan fingerprint density at radius 3 is 0.921 bits per heavy atom. The molecule has 8 aliphatic heterocycles. The first-order chi connectivity index (χ1) is 66.5. The molecule has 23 nitrogen and oxygen atoms in total. The Balaban J connectivity index is 0.000000162. The molecule has 38 unspecified atom stereocenters. The van der Waals surface area contributed by atoms with Crippen molar-refractivity contribution in [1.29, 1.82) is 0 Å². The summed E-state index contributed by atoms with van der Waals surface area (Å²) in [6.07, 6.45) is 44.6. The standard InChI is InChI=1S/C19H32O2.C17H30O2.C16H28O3.C15H24O2.3C10H16O3.C10H18O2.C9H16O3/c1-6-11-8-12(7-2)17-14-9-13(16(11)17)10-15(14)18(20)21-19(3,4)5;1-4-13-11-14(5-2)15(12-13)16(18)19-17(6-3)9-7-8-10-17;1-4-12-11-13(14(5-2)18-12)15(17)19-16(6-3)9-7-8-10-16;1-3-8-5-9(4-2)14-11-6-10(13(8)14)7-12(11)15(16)17;3*1-3-7-6-5-12-10(11)9(6)8(4-2)13-7;1-3-7-5-8(4-2)9(6-7)10(11)12;1-3-6-5-7(9(10)11)8(4-2)12-6/h11-17H,6-10H2,1-5H3;13-15H,4-12H2,1-3H3;12-14H,4-11H2,1-3H3;8-14H,3-7H2,1-2H3,(H,16,17);3*6-9H,3-5H2,1-2H3;7-9H,3-6H2,1-2H3,(H,11,12);6-8H,3-5H2,1-2H3,(H,10,11). The molecule has 23 heteroatoms. The maximum absolute atomic E-state index is 12.6. The number of esters is 6. The lowest BCUT2D eigenvalue weighted by atomic mass is 9.70. The molecule has 38 atom stereocenters. The fraction of sp³-hybridized carbons (Fsp3) is 0.922. The van der Waals surface area contributed by atoms with Crippen LogP contribution in [-0.2, 0) is 95.3 Å². The topological polar surface area (TPSA) is 316 Å². The first-order valence-corrected chi connectivity index (χ1v) is 57.6. The molecular weight excluding hydrogens is 1760 g/mol. The van der Waals surface area contributed by atoms with Crippen LogP contribution in [0.4, 0.5) is 0 Å². The normalized spacial score (nSPS) is 40.6. The predicted molar refractivity (Wildman–Crippen MR) is 538 cm³/mol. The Bertz CT molecular complexity index is 3610. The van der Waals surface area contributed by atoms with Crippen molar-refractivity contribution in [2.24, 2.45) is 166 Å². The second-order valence-corrected chi connectivity index (χ2v) is 46.8. The zero-order chi connectivity index (χ0) is 102. The van der Waals surface area contributed by atoms with E-state index in [-0.39, 0.29) is 167 Å². The second-order valence-electron chi connectivity index (χ2n) is 46.8. The second kappa shape index (κ2) is 53.6. The third kappa shape index (κ3) is 27.3. The molecule has 18 fully saturated rings. The van der Waals surface area contributed by atoms with Gasteiger partial charge in [-0.3, -0.25) is 43.2 Å². The van der Waals surface area contributed by atoms with Gasteiger partial charge in [-0.15, -0.1) is 0 Å². The molecule has 3 N–H and O–H groups in total. The predicted octanol–water partition coefficient (Wildman–Crippen LogP) is 24.9. The van der Waals surface area contributed by atoms with Crippen LogP contribution in [0.3, 0.4) is 0 Å². The lowest BCUT2D eigenvalue weighted by Gasteiger charge is -2.35. The number of carbonyl (C=O) groups is 9. The lowest BCUT2D eigenvalue weighted by molar-refractivity contribution is -0.167. The van der Waals surface area contributed by atoms with Gasteiger partial charge >= 0.3 is 53.7 Å². The molecule has 8 saturated heterocycles. The third-order valence-corrected chi connectivity index (χ3v) is 38.7. The van der Waals surface area contributed by atoms with Gasteiger partial charge in [0.05, 0.1) is 134 Å². The smallest absolute Gasteiger partial charge is 0.312 e. The van der Waals surface area contributed by atoms with Crippen LogP contribution in [0.15, 0.2) is 0 Å². The number of fused-ring (bicyclic) bond motifs is 13. The van der Waals surface area contributed by atoms with Crippen LogP contribution in [0, 0.1) is 166 Å². The number of carboxylic acid groups (broad SMARTS) is 3. The fourth-order valence-corrected chi connectivity index (χ4v) is 30.9. The number of ether oxygens (including phenoxy) is 11. The van der Waals surface area contributed by atoms with Gasteiger partial charge in [-0.25, -0.2) is 0 Å². The fourth-order valence-electron chi connectivity index (χ4n) is 30.9. The molecule has 4 bridgehead atoms. The molecule has 0 spiro atoms. The maximum Gasteiger partial charge on any atom is 0.312 e. The van der Waals surface area contributed by atoms with Crippen molar-refractivity contribution >= 4 is 53.7 Å². The van der Waals surface area contributed by atoms with E-state index < -0.39 is 17.9 Å². The van der Waals surface area contributed by atoms with Gasteiger partial charge in [-0.05, 0) is 321 Å². The van der Waals surface area contributed by atoms with Crippen LogP contribution in [0.5, 0.6) is 0 Å². The molecule has 0 aromatic carbocycles. The Hall–Kier alpha value is -4.97. The highest BCUT2D eigenvalue weighted by molar-refractivity contribution is 5.78. The number of carbonyl (C=O) groups excluding carboxylic acids is 6. The highest BCUT2D eigenvalue weighted by atomic mass is 16.6. The quantitative estimate of drug-likeness (QED) is 0.0484. The van der Waals surface area contributed by atoms with Gasteiger partial charge in [0, 0.05) is 17.8 Å². The summed E-state index contributed by atoms with van der Waals surface area (Å²) in [5.41, 5.74) is -0.622. The van der Waals surface area contributed by atoms with Gasteiger partial charge in [0.1, 0.15) is 16.8 Å². The van der Waals surface area contributed by atoms with Crippen LogP contribution < -0.4 is 0 Å². The number of hydrogen-bond donors (Lipinski definition) is 3. The van der Waals surface area contributed by atoms with E-state index >= 15 is 0 Å². The van der Waals surface area contributed by atoms with Crippen molar-refractivity contribution in [3.63, 3.8) is 0 Å². The molecule has 18 aliphatic rings. The molecule has 18 rings (SSSR count). The van der Waals surface area contributed by atoms with E-state index in [9.17, 15) is 48.3 Å². The molecular formula is C116H196O23. The first-order valence-electron chi connectivity index (χ1n) is 57.6. The molecule has 0 radical (unpaired) electrons. The van der Waals surface area contributed by atoms with Gasteiger partial charge in [0.2, 0.25) is 0 Å². The van der Waals surface area contributed by atoms with Crippen LogP contribution >= 0.6 is 0 Å². The minimum Gasteiger partial charge on any atom is -0.481 e. The minimum atomic E-state index is -0.710. The Kier molecular flexibility index (Phi) is 44.7. The summed E-state index contributed by atoms with van der Waals surface area (Å²) in [6.45, 7) is 50.7. The zero-order valence-corrected chi connectivity index (χ0v) is 90.9. The van der Waals surface area contributed by atoms with E-state index in [4.69, 9.17) is 62.3 Å². The molecule has 8 heterocycles. The SMILES string of the molecule is CCC1CC(C(=O)O)C(CC)O1.CCC1CC(C(=O)OC2(CC)CCCC2)C(CC)O1.CCC1CC(CC)C(C(=O)O)C1.CCC1CC(CC)C(C(=O)OC2(CC)CCCC2)C1.CCC1CC(CC)C2C3CC(CC3C(=O)O)C12.CCC1CC(CC)C2C3CC(CC3C(=O)OC(C)(C)C)C12.CCC1OC(CC)C2C(=O)OCC12.CCC1OC(CC)C2C(=O)OCC12.CCC1OC(CC)C2C(=O)OCC12. The van der Waals surface area contributed by atoms with E-state index in [2.05, 4.69) is 125 Å². The molecule has 139 heavy (non-hydrogen) atoms. The van der Waals surface area contributed by atoms with Crippen molar-refractivity contribution in [2.45, 2.75) is 494 Å². The van der Waals surface area contributed by atoms with Crippen LogP contribution in [-0.4, -0.2) is 167 Å². The van der Waals surface area contributed by atoms with Gasteiger partial charge in [-0.2, -0.15) is 0 Å². The van der Waals surface area contributed by atoms with E-state index in [1.807, 2.05) is 34.6 Å². The van der Waals surface area contributed by atoms with Crippen LogP contribution in [0.1, 0.15) is 416 Å². The Morgan fingerprint density at radius 2 is 0.612 bits per heavy atom. The maximum atomic E-state index is 12.6. The lowest BCUT2D eigenvalue weighted by Crippen LogP contribution is -2.37. The van der Waals surface area contributed by atoms with Gasteiger partial charge in [0.15, 0.2) is 0 Å². The average Bonchev–Trinajstić information content (AvgIpc) is 1.55. The van der Waals surface area contributed by atoms with Crippen molar-refractivity contribution in [3.8, 4) is 0 Å². The Morgan fingerprint density at radius 1 is 0.295 bits per heavy atom. The largest absolute Gasteiger partial charge is 0.481 e. The summed E-state index contributed by atoms with van der Waals surface area (Å²) in [4.78, 5) is 105. The van der Waals surface area contributed by atoms with Gasteiger partial charge in [0.25, 0.3) is 0 Å². The van der Waals surface area contributed by atoms with E-state index in [0.29, 0.717) is 73.6 Å². The van der Waals surface area contributed by atoms with Crippen molar-refractivity contribution in [2.75, 3.05) is 19.8 Å². The summed E-state index contributed by atoms with van der Waals surface area (Å²) >= 11 is 0. The minimum absolute atomic E-state index is 0.00782. The molecule has 0 amide bonds. The molecule has 10 saturated carbocycles. The van der Waals surface area contributed by atoms with Crippen molar-refractivity contribution in [3.05, 3.63) is 0 Å². The monoisotopic (exact) mass is 1960 g/mol. The van der Waals surface area contributed by atoms with Crippen LogP contribution in [0.2, 0.25) is 0 Å². The van der Waals surface area contributed by atoms with E-state index in [1.165, 1.54) is 89.9 Å². The Labute approximate surface area is 839 Å². The molecule has 10 aliphatic carbocycles. The summed E-state index contributed by atoms with van der Waals surface area (Å²) in [6, 6.07) is 0. The zero-order valence-electron chi connectivity index (χ0n) is 90.9. The highest BCUT2D eigenvalue weighted by Crippen LogP contribution is 2.68. The molecule has 0 aromatic rings. The van der Waals surface area contributed by atoms with Gasteiger partial charge in [-0.1, -0.05) is 190 Å². The number of rotatable bonds is 28. The first kappa shape index (κ1) is 116. The number of cyclic esters (lactones) is 3. The summed E-state index contributed by atoms with van der Waals surface area (Å²) in [7, 11) is 0. The number of carboxylic acids is 3. The van der Waals surface area contributed by atoms with E-state index in [0.717, 1.165) is 226 Å². The van der Waals surface area contributed by atoms with E-state index in [1.54, 1.807) is 0 Å². The van der Waals surface area contributed by atoms with Crippen molar-refractivity contribution in [1.82, 2.24) is 0 Å².